The van der Waals surface area contributed by atoms with Gasteiger partial charge >= 0.3 is 0 Å². The van der Waals surface area contributed by atoms with Gasteiger partial charge in [0.05, 0.1) is 6.04 Å². The number of unbranched alkanes of at least 4 members (excludes halogenated alkanes) is 9. The quantitative estimate of drug-likeness (QED) is 0.325. The van der Waals surface area contributed by atoms with E-state index in [0.717, 1.165) is 12.2 Å². The molecule has 1 aromatic heterocycles. The van der Waals surface area contributed by atoms with Crippen LogP contribution in [0.1, 0.15) is 89.4 Å². The first-order chi connectivity index (χ1) is 10.3. The predicted molar refractivity (Wildman–Crippen MR) is 89.7 cm³/mol. The first kappa shape index (κ1) is 18.2. The summed E-state index contributed by atoms with van der Waals surface area (Å²) in [6, 6.07) is 0.180. The normalized spacial score (nSPS) is 12.7. The summed E-state index contributed by atoms with van der Waals surface area (Å²) in [6.07, 6.45) is 18.5. The van der Waals surface area contributed by atoms with Crippen molar-refractivity contribution in [1.29, 1.82) is 0 Å². The zero-order chi connectivity index (χ0) is 15.3. The van der Waals surface area contributed by atoms with E-state index >= 15 is 0 Å². The maximum atomic E-state index is 5.65. The monoisotopic (exact) mass is 294 g/mol. The zero-order valence-electron chi connectivity index (χ0n) is 14.0. The molecule has 0 bridgehead atoms. The summed E-state index contributed by atoms with van der Waals surface area (Å²) in [5.41, 5.74) is 2.89. The van der Waals surface area contributed by atoms with Crippen LogP contribution in [0, 0.1) is 0 Å². The molecule has 4 nitrogen and oxygen atoms in total. The highest BCUT2D eigenvalue weighted by molar-refractivity contribution is 4.97. The Morgan fingerprint density at radius 2 is 1.62 bits per heavy atom. The lowest BCUT2D eigenvalue weighted by Gasteiger charge is -2.15. The zero-order valence-corrected chi connectivity index (χ0v) is 14.0. The lowest BCUT2D eigenvalue weighted by molar-refractivity contribution is 0.447. The fraction of sp³-hybridized carbons (Fsp3) is 0.824. The number of hydrazine groups is 1. The highest BCUT2D eigenvalue weighted by atomic mass is 15.3. The first-order valence-electron chi connectivity index (χ1n) is 8.73. The second-order valence-corrected chi connectivity index (χ2v) is 6.09. The van der Waals surface area contributed by atoms with Crippen molar-refractivity contribution in [1.82, 2.24) is 15.0 Å². The molecule has 0 aromatic carbocycles. The molecular weight excluding hydrogens is 260 g/mol. The van der Waals surface area contributed by atoms with Gasteiger partial charge in [-0.2, -0.15) is 0 Å². The predicted octanol–water partition coefficient (Wildman–Crippen LogP) is 4.24. The summed E-state index contributed by atoms with van der Waals surface area (Å²) in [4.78, 5) is 4.37. The molecule has 0 saturated heterocycles. The van der Waals surface area contributed by atoms with Crippen LogP contribution >= 0.6 is 0 Å². The number of hydrogen-bond acceptors (Lipinski definition) is 3. The van der Waals surface area contributed by atoms with Crippen molar-refractivity contribution in [3.05, 3.63) is 18.2 Å². The molecule has 0 spiro atoms. The number of rotatable bonds is 13. The molecule has 1 unspecified atom stereocenters. The molecule has 0 aliphatic heterocycles. The largest absolute Gasteiger partial charge is 0.337 e. The number of hydrogen-bond donors (Lipinski definition) is 2. The third-order valence-corrected chi connectivity index (χ3v) is 4.22. The van der Waals surface area contributed by atoms with Crippen LogP contribution in [0.2, 0.25) is 0 Å². The highest BCUT2D eigenvalue weighted by Crippen LogP contribution is 2.18. The molecule has 1 aromatic rings. The van der Waals surface area contributed by atoms with Gasteiger partial charge in [-0.1, -0.05) is 71.1 Å². The SMILES string of the molecule is CCCCCCCCCCCCC(NN)c1nccn1C. The molecule has 3 N–H and O–H groups in total. The Bertz CT molecular complexity index is 348. The van der Waals surface area contributed by atoms with Gasteiger partial charge in [0.1, 0.15) is 5.82 Å². The van der Waals surface area contributed by atoms with Gasteiger partial charge in [0.2, 0.25) is 0 Å². The van der Waals surface area contributed by atoms with Crippen LogP contribution in [0.25, 0.3) is 0 Å². The minimum Gasteiger partial charge on any atom is -0.337 e. The van der Waals surface area contributed by atoms with E-state index in [0.29, 0.717) is 0 Å². The molecule has 4 heteroatoms. The minimum absolute atomic E-state index is 0.180. The van der Waals surface area contributed by atoms with E-state index in [1.54, 1.807) is 0 Å². The van der Waals surface area contributed by atoms with Gasteiger partial charge in [0, 0.05) is 19.4 Å². The van der Waals surface area contributed by atoms with Crippen LogP contribution in [-0.2, 0) is 7.05 Å². The van der Waals surface area contributed by atoms with Gasteiger partial charge in [-0.05, 0) is 6.42 Å². The Labute approximate surface area is 130 Å². The molecule has 1 atom stereocenters. The molecule has 0 aliphatic carbocycles. The lowest BCUT2D eigenvalue weighted by atomic mass is 10.0. The first-order valence-corrected chi connectivity index (χ1v) is 8.73. The lowest BCUT2D eigenvalue weighted by Crippen LogP contribution is -2.30. The Morgan fingerprint density at radius 3 is 2.10 bits per heavy atom. The third kappa shape index (κ3) is 7.63. The Balaban J connectivity index is 1.99. The molecular formula is C17H34N4. The Morgan fingerprint density at radius 1 is 1.05 bits per heavy atom. The van der Waals surface area contributed by atoms with E-state index in [-0.39, 0.29) is 6.04 Å². The van der Waals surface area contributed by atoms with Crippen LogP contribution < -0.4 is 11.3 Å². The molecule has 122 valence electrons. The summed E-state index contributed by atoms with van der Waals surface area (Å²) in [5, 5.41) is 0. The van der Waals surface area contributed by atoms with Crippen LogP contribution in [0.15, 0.2) is 12.4 Å². The van der Waals surface area contributed by atoms with E-state index in [1.165, 1.54) is 64.2 Å². The molecule has 21 heavy (non-hydrogen) atoms. The van der Waals surface area contributed by atoms with E-state index in [2.05, 4.69) is 17.3 Å². The van der Waals surface area contributed by atoms with E-state index in [1.807, 2.05) is 24.0 Å². The van der Waals surface area contributed by atoms with Crippen LogP contribution in [0.3, 0.4) is 0 Å². The molecule has 0 amide bonds. The number of nitrogens with one attached hydrogen (secondary N) is 1. The third-order valence-electron chi connectivity index (χ3n) is 4.22. The summed E-state index contributed by atoms with van der Waals surface area (Å²) < 4.78 is 2.04. The molecule has 0 saturated carbocycles. The number of nitrogens with two attached hydrogens (primary N) is 1. The number of aromatic nitrogens is 2. The molecule has 0 fully saturated rings. The average molecular weight is 294 g/mol. The van der Waals surface area contributed by atoms with Gasteiger partial charge < -0.3 is 4.57 Å². The van der Waals surface area contributed by atoms with E-state index in [4.69, 9.17) is 5.84 Å². The van der Waals surface area contributed by atoms with Gasteiger partial charge in [0.15, 0.2) is 0 Å². The van der Waals surface area contributed by atoms with Crippen molar-refractivity contribution in [2.24, 2.45) is 12.9 Å². The fourth-order valence-corrected chi connectivity index (χ4v) is 2.84. The fourth-order valence-electron chi connectivity index (χ4n) is 2.84. The van der Waals surface area contributed by atoms with Crippen molar-refractivity contribution in [2.45, 2.75) is 83.6 Å². The summed E-state index contributed by atoms with van der Waals surface area (Å²) in [6.45, 7) is 2.27. The number of aryl methyl sites for hydroxylation is 1. The van der Waals surface area contributed by atoms with E-state index in [9.17, 15) is 0 Å². The maximum Gasteiger partial charge on any atom is 0.126 e. The second-order valence-electron chi connectivity index (χ2n) is 6.09. The van der Waals surface area contributed by atoms with Crippen molar-refractivity contribution in [3.8, 4) is 0 Å². The smallest absolute Gasteiger partial charge is 0.126 e. The van der Waals surface area contributed by atoms with Gasteiger partial charge in [-0.15, -0.1) is 0 Å². The van der Waals surface area contributed by atoms with Crippen LogP contribution in [0.4, 0.5) is 0 Å². The molecule has 0 radical (unpaired) electrons. The topological polar surface area (TPSA) is 55.9 Å². The molecule has 0 aliphatic rings. The second kappa shape index (κ2) is 11.8. The summed E-state index contributed by atoms with van der Waals surface area (Å²) >= 11 is 0. The summed E-state index contributed by atoms with van der Waals surface area (Å²) in [7, 11) is 2.02. The van der Waals surface area contributed by atoms with Crippen molar-refractivity contribution >= 4 is 0 Å². The standard InChI is InChI=1S/C17H34N4/c1-3-4-5-6-7-8-9-10-11-12-13-16(20-18)17-19-14-15-21(17)2/h14-16,20H,3-13,18H2,1-2H3. The van der Waals surface area contributed by atoms with Gasteiger partial charge in [0.25, 0.3) is 0 Å². The number of imidazole rings is 1. The van der Waals surface area contributed by atoms with Crippen molar-refractivity contribution in [3.63, 3.8) is 0 Å². The van der Waals surface area contributed by atoms with E-state index < -0.39 is 0 Å². The highest BCUT2D eigenvalue weighted by Gasteiger charge is 2.13. The average Bonchev–Trinajstić information content (AvgIpc) is 2.91. The van der Waals surface area contributed by atoms with Crippen molar-refractivity contribution < 1.29 is 0 Å². The molecule has 1 heterocycles. The van der Waals surface area contributed by atoms with Gasteiger partial charge in [-0.25, -0.2) is 10.4 Å². The number of nitrogens with zero attached hydrogens (tertiary/aromatic N) is 2. The minimum atomic E-state index is 0.180. The van der Waals surface area contributed by atoms with Gasteiger partial charge in [-0.3, -0.25) is 5.84 Å². The summed E-state index contributed by atoms with van der Waals surface area (Å²) in [5.74, 6) is 6.69. The maximum absolute atomic E-state index is 5.65. The Kier molecular flexibility index (Phi) is 10.2. The molecule has 1 rings (SSSR count). The van der Waals surface area contributed by atoms with Crippen LogP contribution in [-0.4, -0.2) is 9.55 Å². The van der Waals surface area contributed by atoms with Crippen molar-refractivity contribution in [2.75, 3.05) is 0 Å². The Hall–Kier alpha value is -0.870. The van der Waals surface area contributed by atoms with Crippen LogP contribution in [0.5, 0.6) is 0 Å².